The first-order valence-electron chi connectivity index (χ1n) is 24.3. The second-order valence-electron chi connectivity index (χ2n) is 17.2. The molecule has 0 bridgehead atoms. The van der Waals surface area contributed by atoms with E-state index in [1.165, 1.54) is 9.80 Å². The molecule has 75 heavy (non-hydrogen) atoms. The molecule has 9 aromatic rings. The van der Waals surface area contributed by atoms with E-state index in [9.17, 15) is 24.0 Å². The zero-order valence-corrected chi connectivity index (χ0v) is 41.7. The molecule has 20 nitrogen and oxygen atoms in total. The summed E-state index contributed by atoms with van der Waals surface area (Å²) in [5.74, 6) is 1.51. The lowest BCUT2D eigenvalue weighted by Crippen LogP contribution is -2.34. The Morgan fingerprint density at radius 1 is 0.573 bits per heavy atom. The van der Waals surface area contributed by atoms with Crippen LogP contribution in [0.15, 0.2) is 139 Å². The number of fused-ring (bicyclic) bond motifs is 2. The number of ether oxygens (including phenoxy) is 2. The molecule has 4 aromatic carbocycles. The summed E-state index contributed by atoms with van der Waals surface area (Å²) in [6.07, 6.45) is 3.24. The van der Waals surface area contributed by atoms with E-state index in [0.717, 1.165) is 34.1 Å². The van der Waals surface area contributed by atoms with Crippen molar-refractivity contribution in [3.05, 3.63) is 167 Å². The van der Waals surface area contributed by atoms with E-state index in [1.807, 2.05) is 83.9 Å². The molecule has 5 aromatic heterocycles. The van der Waals surface area contributed by atoms with Crippen LogP contribution in [0.1, 0.15) is 59.1 Å². The van der Waals surface area contributed by atoms with Crippen molar-refractivity contribution in [1.82, 2.24) is 44.0 Å². The van der Waals surface area contributed by atoms with Gasteiger partial charge >= 0.3 is 17.6 Å². The zero-order chi connectivity index (χ0) is 52.4. The van der Waals surface area contributed by atoms with Gasteiger partial charge in [0.05, 0.1) is 61.2 Å². The molecule has 0 spiro atoms. The predicted octanol–water partition coefficient (Wildman–Crippen LogP) is 7.49. The summed E-state index contributed by atoms with van der Waals surface area (Å²) >= 11 is 0. The van der Waals surface area contributed by atoms with Crippen molar-refractivity contribution in [2.24, 2.45) is 14.1 Å². The van der Waals surface area contributed by atoms with E-state index in [0.29, 0.717) is 63.8 Å². The molecule has 5 heterocycles. The number of aromatic amines is 1. The van der Waals surface area contributed by atoms with Crippen LogP contribution in [0.4, 0.5) is 23.0 Å². The molecule has 0 fully saturated rings. The second-order valence-corrected chi connectivity index (χ2v) is 17.2. The zero-order valence-electron chi connectivity index (χ0n) is 41.7. The molecule has 0 aliphatic heterocycles. The number of aromatic nitrogens is 9. The quantitative estimate of drug-likeness (QED) is 0.0627. The SMILES string of the molecule is CCOC(=O)CCN(C(=O)c1ccc2c(c1)nc(CNc1ccc(-c3nc(-c4ccc(NCc5nc6cc(C(=O)N(CCC(=O)OCC)c7ccccn7)ccc6n5C)cc4)[nH]c(=O)n3)cc1)n2C)c1ccccn1. The predicted molar refractivity (Wildman–Crippen MR) is 284 cm³/mol. The van der Waals surface area contributed by atoms with Crippen molar-refractivity contribution >= 4 is 68.8 Å². The lowest BCUT2D eigenvalue weighted by molar-refractivity contribution is -0.143. The van der Waals surface area contributed by atoms with Crippen molar-refractivity contribution in [2.45, 2.75) is 39.8 Å². The van der Waals surface area contributed by atoms with Crippen molar-refractivity contribution in [3.8, 4) is 22.8 Å². The summed E-state index contributed by atoms with van der Waals surface area (Å²) in [5, 5.41) is 6.82. The molecule has 0 aliphatic rings. The van der Waals surface area contributed by atoms with Gasteiger partial charge in [0.1, 0.15) is 29.1 Å². The van der Waals surface area contributed by atoms with Crippen molar-refractivity contribution < 1.29 is 28.7 Å². The van der Waals surface area contributed by atoms with Crippen LogP contribution in [-0.4, -0.2) is 94.1 Å². The minimum absolute atomic E-state index is 0.0218. The van der Waals surface area contributed by atoms with Gasteiger partial charge in [-0.25, -0.2) is 29.7 Å². The maximum atomic E-state index is 13.8. The van der Waals surface area contributed by atoms with E-state index in [4.69, 9.17) is 24.4 Å². The Kier molecular flexibility index (Phi) is 15.4. The number of esters is 2. The van der Waals surface area contributed by atoms with Gasteiger partial charge in [0.15, 0.2) is 5.82 Å². The maximum absolute atomic E-state index is 13.8. The van der Waals surface area contributed by atoms with Gasteiger partial charge in [-0.05, 0) is 123 Å². The number of rotatable bonds is 20. The summed E-state index contributed by atoms with van der Waals surface area (Å²) in [5.41, 5.74) is 6.14. The number of aryl methyl sites for hydroxylation is 2. The van der Waals surface area contributed by atoms with E-state index >= 15 is 0 Å². The van der Waals surface area contributed by atoms with Gasteiger partial charge in [0.2, 0.25) is 0 Å². The standard InChI is InChI=1S/C55H53N13O7/c1-5-74-49(69)25-29-67(45-11-7-9-27-56-45)53(71)37-17-23-43-41(31-37)60-47(65(43)3)33-58-39-19-13-35(14-20-39)51-62-52(64-55(73)63-51)36-15-21-40(22-16-36)59-34-48-61-42-32-38(18-24-44(42)66(48)4)54(72)68(30-26-50(70)75-6-2)46-12-8-10-28-57-46/h7-24,27-28,31-32,58-59H,5-6,25-26,29-30,33-34H2,1-4H3,(H,62,63,64,73). The van der Waals surface area contributed by atoms with Gasteiger partial charge in [0.25, 0.3) is 11.8 Å². The second kappa shape index (κ2) is 22.9. The number of hydrogen-bond acceptors (Lipinski definition) is 15. The highest BCUT2D eigenvalue weighted by Crippen LogP contribution is 2.26. The number of benzene rings is 4. The number of amides is 2. The van der Waals surface area contributed by atoms with Crippen LogP contribution in [0.25, 0.3) is 44.8 Å². The van der Waals surface area contributed by atoms with E-state index in [2.05, 4.69) is 30.6 Å². The van der Waals surface area contributed by atoms with Gasteiger partial charge in [-0.3, -0.25) is 34.0 Å². The summed E-state index contributed by atoms with van der Waals surface area (Å²) < 4.78 is 14.1. The summed E-state index contributed by atoms with van der Waals surface area (Å²) in [6.45, 7) is 4.94. The fourth-order valence-electron chi connectivity index (χ4n) is 8.43. The summed E-state index contributed by atoms with van der Waals surface area (Å²) in [6, 6.07) is 36.1. The third-order valence-electron chi connectivity index (χ3n) is 12.3. The van der Waals surface area contributed by atoms with E-state index in [1.54, 1.807) is 86.9 Å². The van der Waals surface area contributed by atoms with Crippen LogP contribution >= 0.6 is 0 Å². The average Bonchev–Trinajstić information content (AvgIpc) is 3.93. The highest BCUT2D eigenvalue weighted by Gasteiger charge is 2.24. The largest absolute Gasteiger partial charge is 0.466 e. The van der Waals surface area contributed by atoms with Gasteiger partial charge < -0.3 is 29.2 Å². The number of pyridine rings is 2. The van der Waals surface area contributed by atoms with Crippen molar-refractivity contribution in [3.63, 3.8) is 0 Å². The van der Waals surface area contributed by atoms with Crippen LogP contribution in [0.5, 0.6) is 0 Å². The van der Waals surface area contributed by atoms with E-state index in [-0.39, 0.29) is 56.8 Å². The Morgan fingerprint density at radius 2 is 1.04 bits per heavy atom. The highest BCUT2D eigenvalue weighted by molar-refractivity contribution is 6.08. The molecule has 3 N–H and O–H groups in total. The first-order valence-corrected chi connectivity index (χ1v) is 24.3. The molecule has 0 saturated heterocycles. The van der Waals surface area contributed by atoms with Crippen LogP contribution in [-0.2, 0) is 46.2 Å². The third-order valence-corrected chi connectivity index (χ3v) is 12.3. The Morgan fingerprint density at radius 3 is 1.48 bits per heavy atom. The maximum Gasteiger partial charge on any atom is 0.348 e. The fraction of sp³-hybridized carbons (Fsp3) is 0.218. The normalized spacial score (nSPS) is 11.1. The molecule has 380 valence electrons. The Bertz CT molecular complexity index is 3330. The fourth-order valence-corrected chi connectivity index (χ4v) is 8.43. The number of H-pyrrole nitrogens is 1. The van der Waals surface area contributed by atoms with Gasteiger partial charge in [0, 0.05) is 73.2 Å². The topological polar surface area (TPSA) is 237 Å². The van der Waals surface area contributed by atoms with Gasteiger partial charge in [-0.2, -0.15) is 4.98 Å². The summed E-state index contributed by atoms with van der Waals surface area (Å²) in [7, 11) is 3.82. The molecule has 0 unspecified atom stereocenters. The van der Waals surface area contributed by atoms with Gasteiger partial charge in [-0.1, -0.05) is 12.1 Å². The molecule has 20 heteroatoms. The number of carbonyl (C=O) groups is 4. The van der Waals surface area contributed by atoms with Crippen LogP contribution in [0, 0.1) is 0 Å². The molecule has 2 amide bonds. The highest BCUT2D eigenvalue weighted by atomic mass is 16.5. The number of hydrogen-bond donors (Lipinski definition) is 3. The molecular weight excluding hydrogens is 955 g/mol. The van der Waals surface area contributed by atoms with Crippen LogP contribution in [0.2, 0.25) is 0 Å². The smallest absolute Gasteiger partial charge is 0.348 e. The molecule has 0 atom stereocenters. The number of carbonyl (C=O) groups excluding carboxylic acids is 4. The number of anilines is 4. The third kappa shape index (κ3) is 11.7. The van der Waals surface area contributed by atoms with Crippen molar-refractivity contribution in [1.29, 1.82) is 0 Å². The Labute approximate surface area is 430 Å². The lowest BCUT2D eigenvalue weighted by atomic mass is 10.1. The lowest BCUT2D eigenvalue weighted by Gasteiger charge is -2.21. The first-order chi connectivity index (χ1) is 36.5. The molecule has 0 aliphatic carbocycles. The number of imidazole rings is 2. The van der Waals surface area contributed by atoms with E-state index < -0.39 is 17.6 Å². The molecule has 0 saturated carbocycles. The Hall–Kier alpha value is -9.59. The molecular formula is C55H53N13O7. The monoisotopic (exact) mass is 1010 g/mol. The van der Waals surface area contributed by atoms with Gasteiger partial charge in [-0.15, -0.1) is 0 Å². The number of nitrogens with one attached hydrogen (secondary N) is 3. The average molecular weight is 1010 g/mol. The van der Waals surface area contributed by atoms with Crippen LogP contribution < -0.4 is 26.1 Å². The van der Waals surface area contributed by atoms with Crippen LogP contribution in [0.3, 0.4) is 0 Å². The van der Waals surface area contributed by atoms with Crippen molar-refractivity contribution in [2.75, 3.05) is 46.7 Å². The molecule has 9 rings (SSSR count). The minimum atomic E-state index is -0.542. The number of nitrogens with zero attached hydrogens (tertiary/aromatic N) is 10. The molecule has 0 radical (unpaired) electrons. The Balaban J connectivity index is 0.824. The first kappa shape index (κ1) is 50.4. The minimum Gasteiger partial charge on any atom is -0.466 e. The summed E-state index contributed by atoms with van der Waals surface area (Å²) in [4.78, 5) is 97.8.